The van der Waals surface area contributed by atoms with E-state index in [0.29, 0.717) is 11.4 Å². The van der Waals surface area contributed by atoms with Gasteiger partial charge in [-0.1, -0.05) is 23.3 Å². The van der Waals surface area contributed by atoms with Crippen LogP contribution in [0.1, 0.15) is 0 Å². The maximum Gasteiger partial charge on any atom is 0.364 e. The van der Waals surface area contributed by atoms with Gasteiger partial charge in [-0.15, -0.1) is 5.11 Å². The Morgan fingerprint density at radius 2 is 1.67 bits per heavy atom. The molecular formula is C13H11N3O2. The zero-order chi connectivity index (χ0) is 12.8. The highest BCUT2D eigenvalue weighted by molar-refractivity contribution is 5.89. The Balaban J connectivity index is 1.97. The van der Waals surface area contributed by atoms with Crippen LogP contribution in [0.15, 0.2) is 64.8 Å². The van der Waals surface area contributed by atoms with Gasteiger partial charge in [-0.3, -0.25) is 0 Å². The first kappa shape index (κ1) is 11.8. The molecule has 0 bridgehead atoms. The lowest BCUT2D eigenvalue weighted by Crippen LogP contribution is -2.04. The van der Waals surface area contributed by atoms with Gasteiger partial charge in [0.25, 0.3) is 0 Å². The Morgan fingerprint density at radius 3 is 2.33 bits per heavy atom. The summed E-state index contributed by atoms with van der Waals surface area (Å²) < 4.78 is 0. The molecule has 0 atom stereocenters. The summed E-state index contributed by atoms with van der Waals surface area (Å²) in [5.41, 5.74) is 1.16. The summed E-state index contributed by atoms with van der Waals surface area (Å²) in [6.07, 6.45) is 0. The summed E-state index contributed by atoms with van der Waals surface area (Å²) in [6.45, 7) is 0. The van der Waals surface area contributed by atoms with Crippen molar-refractivity contribution >= 4 is 17.4 Å². The average Bonchev–Trinajstić information content (AvgIpc) is 2.39. The molecule has 2 amide bonds. The molecule has 0 unspecified atom stereocenters. The highest BCUT2D eigenvalue weighted by atomic mass is 16.3. The third kappa shape index (κ3) is 3.41. The number of carbonyl (C=O) groups is 1. The third-order valence-electron chi connectivity index (χ3n) is 2.13. The van der Waals surface area contributed by atoms with Crippen molar-refractivity contribution in [1.29, 1.82) is 0 Å². The van der Waals surface area contributed by atoms with Crippen LogP contribution in [0.3, 0.4) is 0 Å². The van der Waals surface area contributed by atoms with Crippen LogP contribution in [0.25, 0.3) is 0 Å². The van der Waals surface area contributed by atoms with Crippen molar-refractivity contribution in [3.63, 3.8) is 0 Å². The second kappa shape index (κ2) is 5.58. The van der Waals surface area contributed by atoms with Crippen molar-refractivity contribution in [2.24, 2.45) is 10.2 Å². The van der Waals surface area contributed by atoms with E-state index in [0.717, 1.165) is 0 Å². The molecule has 2 aromatic rings. The van der Waals surface area contributed by atoms with Gasteiger partial charge < -0.3 is 10.4 Å². The van der Waals surface area contributed by atoms with E-state index in [-0.39, 0.29) is 5.75 Å². The maximum absolute atomic E-state index is 11.4. The smallest absolute Gasteiger partial charge is 0.364 e. The monoisotopic (exact) mass is 241 g/mol. The minimum atomic E-state index is -0.547. The molecule has 0 fully saturated rings. The number of aromatic hydroxyl groups is 1. The lowest BCUT2D eigenvalue weighted by Gasteiger charge is -1.99. The van der Waals surface area contributed by atoms with E-state index in [1.165, 1.54) is 12.1 Å². The molecule has 2 N–H and O–H groups in total. The van der Waals surface area contributed by atoms with Gasteiger partial charge in [0, 0.05) is 5.69 Å². The van der Waals surface area contributed by atoms with E-state index in [9.17, 15) is 4.79 Å². The Bertz CT molecular complexity index is 550. The highest BCUT2D eigenvalue weighted by Gasteiger charge is 1.98. The minimum absolute atomic E-state index is 0.141. The maximum atomic E-state index is 11.4. The minimum Gasteiger partial charge on any atom is -0.508 e. The van der Waals surface area contributed by atoms with Gasteiger partial charge in [-0.2, -0.15) is 0 Å². The molecule has 0 heterocycles. The molecule has 0 aromatic heterocycles. The molecule has 0 aliphatic heterocycles. The number of hydrogen-bond donors (Lipinski definition) is 2. The predicted octanol–water partition coefficient (Wildman–Crippen LogP) is 3.71. The molecular weight excluding hydrogens is 230 g/mol. The van der Waals surface area contributed by atoms with Gasteiger partial charge >= 0.3 is 6.03 Å². The number of azo groups is 1. The van der Waals surface area contributed by atoms with Crippen LogP contribution in [0.4, 0.5) is 16.2 Å². The number of para-hydroxylation sites is 1. The zero-order valence-electron chi connectivity index (χ0n) is 9.45. The van der Waals surface area contributed by atoms with E-state index in [1.807, 2.05) is 18.2 Å². The first-order valence-electron chi connectivity index (χ1n) is 5.31. The lowest BCUT2D eigenvalue weighted by atomic mass is 10.3. The van der Waals surface area contributed by atoms with Crippen molar-refractivity contribution in [1.82, 2.24) is 0 Å². The van der Waals surface area contributed by atoms with Gasteiger partial charge in [0.15, 0.2) is 0 Å². The normalized spacial score (nSPS) is 10.4. The van der Waals surface area contributed by atoms with E-state index in [2.05, 4.69) is 15.5 Å². The van der Waals surface area contributed by atoms with Gasteiger partial charge in [-0.25, -0.2) is 4.79 Å². The van der Waals surface area contributed by atoms with Crippen LogP contribution >= 0.6 is 0 Å². The lowest BCUT2D eigenvalue weighted by molar-refractivity contribution is 0.258. The number of nitrogens with zero attached hydrogens (tertiary/aromatic N) is 2. The van der Waals surface area contributed by atoms with E-state index in [4.69, 9.17) is 5.11 Å². The number of anilines is 1. The van der Waals surface area contributed by atoms with Gasteiger partial charge in [0.2, 0.25) is 0 Å². The molecule has 5 heteroatoms. The molecule has 0 saturated heterocycles. The van der Waals surface area contributed by atoms with Crippen LogP contribution in [0, 0.1) is 0 Å². The molecule has 0 spiro atoms. The van der Waals surface area contributed by atoms with Crippen molar-refractivity contribution in [3.8, 4) is 5.75 Å². The van der Waals surface area contributed by atoms with E-state index < -0.39 is 6.03 Å². The predicted molar refractivity (Wildman–Crippen MR) is 68.1 cm³/mol. The molecule has 2 rings (SSSR count). The number of hydrogen-bond acceptors (Lipinski definition) is 3. The Labute approximate surface area is 104 Å². The molecule has 0 aliphatic rings. The largest absolute Gasteiger partial charge is 0.508 e. The van der Waals surface area contributed by atoms with Gasteiger partial charge in [-0.05, 0) is 36.4 Å². The van der Waals surface area contributed by atoms with Crippen LogP contribution < -0.4 is 5.32 Å². The second-order valence-electron chi connectivity index (χ2n) is 3.51. The summed E-state index contributed by atoms with van der Waals surface area (Å²) >= 11 is 0. The summed E-state index contributed by atoms with van der Waals surface area (Å²) in [7, 11) is 0. The van der Waals surface area contributed by atoms with Crippen molar-refractivity contribution in [2.75, 3.05) is 5.32 Å². The van der Waals surface area contributed by atoms with Crippen LogP contribution in [-0.4, -0.2) is 11.1 Å². The van der Waals surface area contributed by atoms with Crippen molar-refractivity contribution < 1.29 is 9.90 Å². The fourth-order valence-corrected chi connectivity index (χ4v) is 1.29. The number of rotatable bonds is 2. The average molecular weight is 241 g/mol. The number of urea groups is 1. The summed E-state index contributed by atoms with van der Waals surface area (Å²) in [5.74, 6) is 0.141. The SMILES string of the molecule is O=C(N=Nc1ccc(O)cc1)Nc1ccccc1. The molecule has 0 aliphatic carbocycles. The Hall–Kier alpha value is -2.69. The van der Waals surface area contributed by atoms with Crippen molar-refractivity contribution in [3.05, 3.63) is 54.6 Å². The number of benzene rings is 2. The number of carbonyl (C=O) groups excluding carboxylic acids is 1. The molecule has 90 valence electrons. The fourth-order valence-electron chi connectivity index (χ4n) is 1.29. The Kier molecular flexibility index (Phi) is 3.66. The first-order valence-corrected chi connectivity index (χ1v) is 5.31. The topological polar surface area (TPSA) is 74.0 Å². The molecule has 5 nitrogen and oxygen atoms in total. The number of phenols is 1. The van der Waals surface area contributed by atoms with Gasteiger partial charge in [0.1, 0.15) is 5.75 Å². The highest BCUT2D eigenvalue weighted by Crippen LogP contribution is 2.17. The zero-order valence-corrected chi connectivity index (χ0v) is 9.45. The quantitative estimate of drug-likeness (QED) is 0.786. The Morgan fingerprint density at radius 1 is 1.00 bits per heavy atom. The van der Waals surface area contributed by atoms with Crippen LogP contribution in [0.5, 0.6) is 5.75 Å². The summed E-state index contributed by atoms with van der Waals surface area (Å²) in [5, 5.41) is 18.9. The summed E-state index contributed by atoms with van der Waals surface area (Å²) in [6, 6.07) is 14.5. The number of phenolic OH excluding ortho intramolecular Hbond substituents is 1. The number of amides is 2. The standard InChI is InChI=1S/C13H11N3O2/c17-12-8-6-11(7-9-12)15-16-13(18)14-10-4-2-1-3-5-10/h1-9,17H,(H,14,18). The molecule has 0 saturated carbocycles. The molecule has 0 radical (unpaired) electrons. The van der Waals surface area contributed by atoms with Crippen molar-refractivity contribution in [2.45, 2.75) is 0 Å². The molecule has 2 aromatic carbocycles. The van der Waals surface area contributed by atoms with E-state index in [1.54, 1.807) is 24.3 Å². The summed E-state index contributed by atoms with van der Waals surface area (Å²) in [4.78, 5) is 11.4. The molecule has 18 heavy (non-hydrogen) atoms. The number of nitrogens with one attached hydrogen (secondary N) is 1. The second-order valence-corrected chi connectivity index (χ2v) is 3.51. The van der Waals surface area contributed by atoms with Gasteiger partial charge in [0.05, 0.1) is 5.69 Å². The van der Waals surface area contributed by atoms with Crippen LogP contribution in [-0.2, 0) is 0 Å². The first-order chi connectivity index (χ1) is 8.74. The fraction of sp³-hybridized carbons (Fsp3) is 0. The van der Waals surface area contributed by atoms with Crippen LogP contribution in [0.2, 0.25) is 0 Å². The third-order valence-corrected chi connectivity index (χ3v) is 2.13. The van der Waals surface area contributed by atoms with E-state index >= 15 is 0 Å².